The molecule has 0 aliphatic carbocycles. The zero-order valence-electron chi connectivity index (χ0n) is 12.4. The van der Waals surface area contributed by atoms with Crippen molar-refractivity contribution in [1.82, 2.24) is 0 Å². The summed E-state index contributed by atoms with van der Waals surface area (Å²) in [7, 11) is 1.57. The molecule has 1 aliphatic rings. The molecule has 0 fully saturated rings. The summed E-state index contributed by atoms with van der Waals surface area (Å²) in [4.78, 5) is 12.6. The number of ether oxygens (including phenoxy) is 4. The molecule has 0 unspecified atom stereocenters. The third-order valence-electron chi connectivity index (χ3n) is 3.36. The molecular weight excluding hydrogens is 284 g/mol. The summed E-state index contributed by atoms with van der Waals surface area (Å²) in [5.41, 5.74) is 1.07. The summed E-state index contributed by atoms with van der Waals surface area (Å²) in [6.45, 7) is 2.56. The number of carbonyl (C=O) groups excluding carboxylic acids is 1. The van der Waals surface area contributed by atoms with Crippen molar-refractivity contribution in [2.24, 2.45) is 0 Å². The normalized spacial score (nSPS) is 12.1. The molecule has 0 bridgehead atoms. The van der Waals surface area contributed by atoms with Crippen LogP contribution in [0.5, 0.6) is 23.0 Å². The van der Waals surface area contributed by atoms with Gasteiger partial charge in [-0.1, -0.05) is 0 Å². The highest BCUT2D eigenvalue weighted by atomic mass is 16.7. The van der Waals surface area contributed by atoms with Crippen LogP contribution in [0, 0.1) is 0 Å². The monoisotopic (exact) mass is 300 g/mol. The van der Waals surface area contributed by atoms with Crippen molar-refractivity contribution in [2.45, 2.75) is 6.92 Å². The third kappa shape index (κ3) is 2.57. The van der Waals surface area contributed by atoms with E-state index in [1.165, 1.54) is 0 Å². The second-order valence-electron chi connectivity index (χ2n) is 4.70. The molecule has 2 aromatic rings. The largest absolute Gasteiger partial charge is 0.493 e. The van der Waals surface area contributed by atoms with E-state index in [1.807, 2.05) is 6.92 Å². The second kappa shape index (κ2) is 5.97. The number of fused-ring (bicyclic) bond motifs is 1. The SMILES string of the molecule is CCOc1cc(C(=O)c2ccc3c(c2)OCO3)ccc1OC. The number of hydrogen-bond acceptors (Lipinski definition) is 5. The van der Waals surface area contributed by atoms with Crippen molar-refractivity contribution in [2.75, 3.05) is 20.5 Å². The first-order valence-electron chi connectivity index (χ1n) is 6.98. The molecular formula is C17H16O5. The van der Waals surface area contributed by atoms with Crippen molar-refractivity contribution in [3.63, 3.8) is 0 Å². The lowest BCUT2D eigenvalue weighted by atomic mass is 10.0. The van der Waals surface area contributed by atoms with E-state index < -0.39 is 0 Å². The Kier molecular flexibility index (Phi) is 3.87. The molecule has 0 atom stereocenters. The first kappa shape index (κ1) is 14.3. The van der Waals surface area contributed by atoms with Gasteiger partial charge >= 0.3 is 0 Å². The quantitative estimate of drug-likeness (QED) is 0.794. The summed E-state index contributed by atoms with van der Waals surface area (Å²) < 4.78 is 21.3. The van der Waals surface area contributed by atoms with Gasteiger partial charge in [-0.15, -0.1) is 0 Å². The van der Waals surface area contributed by atoms with E-state index in [1.54, 1.807) is 43.5 Å². The van der Waals surface area contributed by atoms with Crippen molar-refractivity contribution in [1.29, 1.82) is 0 Å². The Bertz CT molecular complexity index is 708. The van der Waals surface area contributed by atoms with Crippen LogP contribution in [0.15, 0.2) is 36.4 Å². The summed E-state index contributed by atoms with van der Waals surface area (Å²) in [5.74, 6) is 2.29. The highest BCUT2D eigenvalue weighted by molar-refractivity contribution is 6.09. The maximum Gasteiger partial charge on any atom is 0.231 e. The van der Waals surface area contributed by atoms with Crippen molar-refractivity contribution in [3.8, 4) is 23.0 Å². The van der Waals surface area contributed by atoms with Gasteiger partial charge in [0.2, 0.25) is 6.79 Å². The van der Waals surface area contributed by atoms with Gasteiger partial charge in [0.05, 0.1) is 13.7 Å². The minimum absolute atomic E-state index is 0.109. The minimum atomic E-state index is -0.109. The molecule has 0 N–H and O–H groups in total. The van der Waals surface area contributed by atoms with Gasteiger partial charge in [-0.25, -0.2) is 0 Å². The standard InChI is InChI=1S/C17H16O5/c1-3-20-15-8-11(4-6-13(15)19-2)17(18)12-5-7-14-16(9-12)22-10-21-14/h4-9H,3,10H2,1-2H3. The molecule has 5 heteroatoms. The molecule has 0 aromatic heterocycles. The summed E-state index contributed by atoms with van der Waals surface area (Å²) in [5, 5.41) is 0. The average Bonchev–Trinajstić information content (AvgIpc) is 3.02. The lowest BCUT2D eigenvalue weighted by Crippen LogP contribution is -2.03. The van der Waals surface area contributed by atoms with Crippen LogP contribution in [0.4, 0.5) is 0 Å². The number of hydrogen-bond donors (Lipinski definition) is 0. The smallest absolute Gasteiger partial charge is 0.231 e. The molecule has 0 saturated carbocycles. The van der Waals surface area contributed by atoms with Crippen molar-refractivity contribution in [3.05, 3.63) is 47.5 Å². The minimum Gasteiger partial charge on any atom is -0.493 e. The molecule has 114 valence electrons. The summed E-state index contributed by atoms with van der Waals surface area (Å²) in [6.07, 6.45) is 0. The summed E-state index contributed by atoms with van der Waals surface area (Å²) in [6, 6.07) is 10.3. The molecule has 0 saturated heterocycles. The van der Waals surface area contributed by atoms with Crippen LogP contribution in [0.25, 0.3) is 0 Å². The lowest BCUT2D eigenvalue weighted by molar-refractivity contribution is 0.103. The Hall–Kier alpha value is -2.69. The third-order valence-corrected chi connectivity index (χ3v) is 3.36. The molecule has 1 aliphatic heterocycles. The van der Waals surface area contributed by atoms with E-state index in [9.17, 15) is 4.79 Å². The molecule has 22 heavy (non-hydrogen) atoms. The van der Waals surface area contributed by atoms with Crippen LogP contribution in [0.3, 0.4) is 0 Å². The zero-order chi connectivity index (χ0) is 15.5. The molecule has 1 heterocycles. The summed E-state index contributed by atoms with van der Waals surface area (Å²) >= 11 is 0. The van der Waals surface area contributed by atoms with Crippen LogP contribution in [-0.4, -0.2) is 26.3 Å². The first-order valence-corrected chi connectivity index (χ1v) is 6.98. The highest BCUT2D eigenvalue weighted by Crippen LogP contribution is 2.34. The topological polar surface area (TPSA) is 54.0 Å². The van der Waals surface area contributed by atoms with Gasteiger partial charge in [-0.2, -0.15) is 0 Å². The molecule has 3 rings (SSSR count). The van der Waals surface area contributed by atoms with Crippen molar-refractivity contribution >= 4 is 5.78 Å². The Morgan fingerprint density at radius 3 is 2.55 bits per heavy atom. The zero-order valence-corrected chi connectivity index (χ0v) is 12.4. The average molecular weight is 300 g/mol. The van der Waals surface area contributed by atoms with Gasteiger partial charge in [0.15, 0.2) is 28.8 Å². The van der Waals surface area contributed by atoms with Crippen LogP contribution in [-0.2, 0) is 0 Å². The Morgan fingerprint density at radius 1 is 1.05 bits per heavy atom. The number of methoxy groups -OCH3 is 1. The number of rotatable bonds is 5. The number of carbonyl (C=O) groups is 1. The Labute approximate surface area is 128 Å². The van der Waals surface area contributed by atoms with Gasteiger partial charge in [0.25, 0.3) is 0 Å². The van der Waals surface area contributed by atoms with E-state index in [2.05, 4.69) is 0 Å². The van der Waals surface area contributed by atoms with Crippen molar-refractivity contribution < 1.29 is 23.7 Å². The predicted molar refractivity (Wildman–Crippen MR) is 80.2 cm³/mol. The van der Waals surface area contributed by atoms with E-state index in [4.69, 9.17) is 18.9 Å². The van der Waals surface area contributed by atoms with Crippen LogP contribution >= 0.6 is 0 Å². The molecule has 0 spiro atoms. The first-order chi connectivity index (χ1) is 10.7. The molecule has 5 nitrogen and oxygen atoms in total. The fraction of sp³-hybridized carbons (Fsp3) is 0.235. The number of ketones is 1. The second-order valence-corrected chi connectivity index (χ2v) is 4.70. The van der Waals surface area contributed by atoms with E-state index >= 15 is 0 Å². The Morgan fingerprint density at radius 2 is 1.77 bits per heavy atom. The van der Waals surface area contributed by atoms with Crippen LogP contribution < -0.4 is 18.9 Å². The van der Waals surface area contributed by atoms with Gasteiger partial charge in [0.1, 0.15) is 0 Å². The van der Waals surface area contributed by atoms with E-state index in [0.29, 0.717) is 40.7 Å². The molecule has 0 radical (unpaired) electrons. The van der Waals surface area contributed by atoms with E-state index in [-0.39, 0.29) is 12.6 Å². The maximum atomic E-state index is 12.6. The fourth-order valence-corrected chi connectivity index (χ4v) is 2.29. The highest BCUT2D eigenvalue weighted by Gasteiger charge is 2.18. The lowest BCUT2D eigenvalue weighted by Gasteiger charge is -2.11. The van der Waals surface area contributed by atoms with Crippen LogP contribution in [0.1, 0.15) is 22.8 Å². The fourth-order valence-electron chi connectivity index (χ4n) is 2.29. The van der Waals surface area contributed by atoms with Gasteiger partial charge in [-0.3, -0.25) is 4.79 Å². The molecule has 0 amide bonds. The van der Waals surface area contributed by atoms with Gasteiger partial charge in [0, 0.05) is 11.1 Å². The Balaban J connectivity index is 1.93. The van der Waals surface area contributed by atoms with E-state index in [0.717, 1.165) is 0 Å². The molecule has 2 aromatic carbocycles. The maximum absolute atomic E-state index is 12.6. The predicted octanol–water partition coefficient (Wildman–Crippen LogP) is 3.05. The van der Waals surface area contributed by atoms with Gasteiger partial charge < -0.3 is 18.9 Å². The number of benzene rings is 2. The van der Waals surface area contributed by atoms with Crippen LogP contribution in [0.2, 0.25) is 0 Å². The van der Waals surface area contributed by atoms with Gasteiger partial charge in [-0.05, 0) is 43.3 Å².